The molecular formula is C17H31N3. The lowest BCUT2D eigenvalue weighted by molar-refractivity contribution is 0.199. The highest BCUT2D eigenvalue weighted by molar-refractivity contribution is 5.00. The number of nitriles is 1. The molecule has 1 heterocycles. The number of rotatable bonds is 10. The van der Waals surface area contributed by atoms with Crippen LogP contribution in [0.15, 0.2) is 12.4 Å². The maximum atomic E-state index is 8.94. The first-order valence-electron chi connectivity index (χ1n) is 8.28. The zero-order valence-electron chi connectivity index (χ0n) is 13.5. The van der Waals surface area contributed by atoms with E-state index >= 15 is 0 Å². The third-order valence-corrected chi connectivity index (χ3v) is 4.25. The van der Waals surface area contributed by atoms with Gasteiger partial charge in [0.1, 0.15) is 6.04 Å². The topological polar surface area (TPSA) is 30.3 Å². The van der Waals surface area contributed by atoms with Crippen molar-refractivity contribution in [2.75, 3.05) is 6.67 Å². The Labute approximate surface area is 125 Å². The average molecular weight is 277 g/mol. The van der Waals surface area contributed by atoms with Gasteiger partial charge in [-0.15, -0.1) is 0 Å². The van der Waals surface area contributed by atoms with Crippen LogP contribution >= 0.6 is 0 Å². The van der Waals surface area contributed by atoms with Crippen molar-refractivity contribution in [1.82, 2.24) is 9.80 Å². The van der Waals surface area contributed by atoms with Gasteiger partial charge in [0.25, 0.3) is 0 Å². The van der Waals surface area contributed by atoms with Crippen LogP contribution in [0, 0.1) is 11.3 Å². The van der Waals surface area contributed by atoms with Crippen LogP contribution in [0.3, 0.4) is 0 Å². The minimum Gasteiger partial charge on any atom is -0.356 e. The van der Waals surface area contributed by atoms with Crippen LogP contribution in [0.2, 0.25) is 0 Å². The lowest BCUT2D eigenvalue weighted by Gasteiger charge is -2.28. The molecule has 1 rings (SSSR count). The number of nitrogens with zero attached hydrogens (tertiary/aromatic N) is 3. The fourth-order valence-corrected chi connectivity index (χ4v) is 2.63. The molecule has 2 unspecified atom stereocenters. The first-order valence-corrected chi connectivity index (χ1v) is 8.28. The summed E-state index contributed by atoms with van der Waals surface area (Å²) in [6, 6.07) is 2.85. The Hall–Kier alpha value is -1.17. The molecule has 3 nitrogen and oxygen atoms in total. The summed E-state index contributed by atoms with van der Waals surface area (Å²) < 4.78 is 0. The van der Waals surface area contributed by atoms with Gasteiger partial charge >= 0.3 is 0 Å². The second kappa shape index (κ2) is 9.69. The summed E-state index contributed by atoms with van der Waals surface area (Å²) in [5.74, 6) is 0. The normalized spacial score (nSPS) is 17.3. The standard InChI is InChI=1S/C17H31N3/c1-4-5-6-7-8-9-10-11-16(2)19-12-13-20(15-19)17(3)14-18/h12-13,16-17H,4-11,15H2,1-3H3. The van der Waals surface area contributed by atoms with Crippen LogP contribution in [0.25, 0.3) is 0 Å². The molecule has 0 N–H and O–H groups in total. The Bertz CT molecular complexity index is 319. The van der Waals surface area contributed by atoms with Crippen LogP contribution in [0.4, 0.5) is 0 Å². The van der Waals surface area contributed by atoms with E-state index in [0.717, 1.165) is 6.67 Å². The SMILES string of the molecule is CCCCCCCCCC(C)N1C=CN(C(C)C#N)C1. The second-order valence-corrected chi connectivity index (χ2v) is 6.03. The summed E-state index contributed by atoms with van der Waals surface area (Å²) in [7, 11) is 0. The van der Waals surface area contributed by atoms with Crippen LogP contribution in [-0.2, 0) is 0 Å². The van der Waals surface area contributed by atoms with Crippen LogP contribution in [-0.4, -0.2) is 28.6 Å². The molecule has 0 saturated carbocycles. The minimum atomic E-state index is -0.0259. The van der Waals surface area contributed by atoms with Crippen molar-refractivity contribution < 1.29 is 0 Å². The smallest absolute Gasteiger partial charge is 0.115 e. The highest BCUT2D eigenvalue weighted by atomic mass is 15.4. The van der Waals surface area contributed by atoms with E-state index in [-0.39, 0.29) is 6.04 Å². The number of hydrogen-bond acceptors (Lipinski definition) is 3. The lowest BCUT2D eigenvalue weighted by atomic mass is 10.1. The van der Waals surface area contributed by atoms with Crippen molar-refractivity contribution >= 4 is 0 Å². The van der Waals surface area contributed by atoms with Crippen LogP contribution < -0.4 is 0 Å². The minimum absolute atomic E-state index is 0.0259. The first-order chi connectivity index (χ1) is 9.69. The van der Waals surface area contributed by atoms with Crippen molar-refractivity contribution in [3.63, 3.8) is 0 Å². The molecule has 0 fully saturated rings. The highest BCUT2D eigenvalue weighted by Crippen LogP contribution is 2.18. The second-order valence-electron chi connectivity index (χ2n) is 6.03. The summed E-state index contributed by atoms with van der Waals surface area (Å²) in [4.78, 5) is 4.45. The van der Waals surface area contributed by atoms with Gasteiger partial charge in [-0.1, -0.05) is 51.9 Å². The molecule has 0 aromatic carbocycles. The Morgan fingerprint density at radius 1 is 1.00 bits per heavy atom. The Balaban J connectivity index is 2.08. The average Bonchev–Trinajstić information content (AvgIpc) is 2.95. The molecule has 0 aliphatic carbocycles. The van der Waals surface area contributed by atoms with Crippen LogP contribution in [0.1, 0.15) is 72.1 Å². The zero-order valence-corrected chi connectivity index (χ0v) is 13.5. The molecule has 114 valence electrons. The van der Waals surface area contributed by atoms with E-state index in [2.05, 4.69) is 42.1 Å². The number of hydrogen-bond donors (Lipinski definition) is 0. The molecule has 0 bridgehead atoms. The Morgan fingerprint density at radius 2 is 1.60 bits per heavy atom. The molecule has 20 heavy (non-hydrogen) atoms. The molecule has 0 spiro atoms. The maximum Gasteiger partial charge on any atom is 0.115 e. The van der Waals surface area contributed by atoms with Crippen molar-refractivity contribution in [2.45, 2.75) is 84.2 Å². The lowest BCUT2D eigenvalue weighted by Crippen LogP contribution is -2.35. The van der Waals surface area contributed by atoms with Gasteiger partial charge in [0.2, 0.25) is 0 Å². The van der Waals surface area contributed by atoms with E-state index in [0.29, 0.717) is 6.04 Å². The highest BCUT2D eigenvalue weighted by Gasteiger charge is 2.20. The monoisotopic (exact) mass is 277 g/mol. The zero-order chi connectivity index (χ0) is 14.8. The van der Waals surface area contributed by atoms with Crippen molar-refractivity contribution in [1.29, 1.82) is 5.26 Å². The summed E-state index contributed by atoms with van der Waals surface area (Å²) in [5.41, 5.74) is 0. The molecule has 1 aliphatic rings. The largest absolute Gasteiger partial charge is 0.356 e. The van der Waals surface area contributed by atoms with Gasteiger partial charge in [-0.2, -0.15) is 5.26 Å². The summed E-state index contributed by atoms with van der Waals surface area (Å²) in [6.07, 6.45) is 15.1. The third kappa shape index (κ3) is 5.86. The first kappa shape index (κ1) is 16.9. The van der Waals surface area contributed by atoms with Crippen molar-refractivity contribution in [3.8, 4) is 6.07 Å². The molecule has 0 radical (unpaired) electrons. The summed E-state index contributed by atoms with van der Waals surface area (Å²) >= 11 is 0. The molecule has 0 saturated heterocycles. The van der Waals surface area contributed by atoms with Gasteiger partial charge < -0.3 is 9.80 Å². The van der Waals surface area contributed by atoms with E-state index in [4.69, 9.17) is 5.26 Å². The van der Waals surface area contributed by atoms with Gasteiger partial charge in [-0.3, -0.25) is 0 Å². The summed E-state index contributed by atoms with van der Waals surface area (Å²) in [6.45, 7) is 7.38. The number of unbranched alkanes of at least 4 members (excludes halogenated alkanes) is 6. The van der Waals surface area contributed by atoms with E-state index in [1.807, 2.05) is 6.92 Å². The molecule has 0 amide bonds. The Morgan fingerprint density at radius 3 is 2.25 bits per heavy atom. The molecular weight excluding hydrogens is 246 g/mol. The maximum absolute atomic E-state index is 8.94. The van der Waals surface area contributed by atoms with E-state index in [9.17, 15) is 0 Å². The van der Waals surface area contributed by atoms with Crippen LogP contribution in [0.5, 0.6) is 0 Å². The van der Waals surface area contributed by atoms with Gasteiger partial charge in [-0.25, -0.2) is 0 Å². The van der Waals surface area contributed by atoms with Gasteiger partial charge in [0, 0.05) is 18.4 Å². The third-order valence-electron chi connectivity index (χ3n) is 4.25. The molecule has 3 heteroatoms. The fraction of sp³-hybridized carbons (Fsp3) is 0.824. The van der Waals surface area contributed by atoms with E-state index in [1.165, 1.54) is 51.4 Å². The Kier molecular flexibility index (Phi) is 8.18. The van der Waals surface area contributed by atoms with Gasteiger partial charge in [-0.05, 0) is 20.3 Å². The van der Waals surface area contributed by atoms with Crippen molar-refractivity contribution in [3.05, 3.63) is 12.4 Å². The quantitative estimate of drug-likeness (QED) is 0.552. The molecule has 0 aromatic rings. The fourth-order valence-electron chi connectivity index (χ4n) is 2.63. The molecule has 2 atom stereocenters. The molecule has 1 aliphatic heterocycles. The summed E-state index contributed by atoms with van der Waals surface area (Å²) in [5, 5.41) is 8.94. The van der Waals surface area contributed by atoms with Gasteiger partial charge in [0.15, 0.2) is 0 Å². The van der Waals surface area contributed by atoms with E-state index in [1.54, 1.807) is 0 Å². The predicted octanol–water partition coefficient (Wildman–Crippen LogP) is 4.47. The van der Waals surface area contributed by atoms with E-state index < -0.39 is 0 Å². The van der Waals surface area contributed by atoms with Crippen molar-refractivity contribution in [2.24, 2.45) is 0 Å². The predicted molar refractivity (Wildman–Crippen MR) is 84.8 cm³/mol. The molecule has 0 aromatic heterocycles. The van der Waals surface area contributed by atoms with Gasteiger partial charge in [0.05, 0.1) is 12.7 Å².